The molecule has 1 heterocycles. The third-order valence-corrected chi connectivity index (χ3v) is 3.94. The monoisotopic (exact) mass is 291 g/mol. The van der Waals surface area contributed by atoms with Crippen molar-refractivity contribution in [2.75, 3.05) is 37.9 Å². The van der Waals surface area contributed by atoms with Gasteiger partial charge in [-0.2, -0.15) is 0 Å². The lowest BCUT2D eigenvalue weighted by Gasteiger charge is -2.46. The SMILES string of the molecule is COC(=O)c1ccc(N2CCN(C)C(=O)C2(C)C)c(N)c1. The topological polar surface area (TPSA) is 75.9 Å². The number of hydrogen-bond acceptors (Lipinski definition) is 5. The predicted molar refractivity (Wildman–Crippen MR) is 81.3 cm³/mol. The normalized spacial score (nSPS) is 17.8. The largest absolute Gasteiger partial charge is 0.465 e. The summed E-state index contributed by atoms with van der Waals surface area (Å²) in [6, 6.07) is 5.01. The molecule has 1 aromatic rings. The standard InChI is InChI=1S/C15H21N3O3/c1-15(2)14(20)17(3)7-8-18(15)12-6-5-10(9-11(12)16)13(19)21-4/h5-6,9H,7-8,16H2,1-4H3. The number of piperazine rings is 1. The molecule has 0 radical (unpaired) electrons. The Labute approximate surface area is 124 Å². The summed E-state index contributed by atoms with van der Waals surface area (Å²) in [5.74, 6) is -0.382. The van der Waals surface area contributed by atoms with E-state index in [1.807, 2.05) is 18.7 Å². The van der Waals surface area contributed by atoms with Crippen molar-refractivity contribution in [3.05, 3.63) is 23.8 Å². The number of carbonyl (C=O) groups is 2. The number of ether oxygens (including phenoxy) is 1. The van der Waals surface area contributed by atoms with Crippen molar-refractivity contribution in [3.8, 4) is 0 Å². The zero-order chi connectivity index (χ0) is 15.8. The van der Waals surface area contributed by atoms with Crippen molar-refractivity contribution in [2.24, 2.45) is 0 Å². The van der Waals surface area contributed by atoms with E-state index in [2.05, 4.69) is 4.74 Å². The van der Waals surface area contributed by atoms with Crippen LogP contribution < -0.4 is 10.6 Å². The zero-order valence-electron chi connectivity index (χ0n) is 12.8. The van der Waals surface area contributed by atoms with Crippen LogP contribution in [0.5, 0.6) is 0 Å². The summed E-state index contributed by atoms with van der Waals surface area (Å²) in [6.45, 7) is 5.08. The number of esters is 1. The first kappa shape index (κ1) is 15.2. The van der Waals surface area contributed by atoms with Gasteiger partial charge in [-0.1, -0.05) is 0 Å². The van der Waals surface area contributed by atoms with E-state index in [-0.39, 0.29) is 5.91 Å². The molecule has 0 aliphatic carbocycles. The van der Waals surface area contributed by atoms with E-state index >= 15 is 0 Å². The van der Waals surface area contributed by atoms with Gasteiger partial charge < -0.3 is 20.3 Å². The molecule has 1 aliphatic rings. The Morgan fingerprint density at radius 2 is 2.00 bits per heavy atom. The van der Waals surface area contributed by atoms with Gasteiger partial charge in [-0.25, -0.2) is 4.79 Å². The van der Waals surface area contributed by atoms with Crippen LogP contribution in [0.2, 0.25) is 0 Å². The number of anilines is 2. The van der Waals surface area contributed by atoms with E-state index in [0.717, 1.165) is 5.69 Å². The number of likely N-dealkylation sites (N-methyl/N-ethyl adjacent to an activating group) is 1. The van der Waals surface area contributed by atoms with Crippen molar-refractivity contribution in [1.82, 2.24) is 4.90 Å². The highest BCUT2D eigenvalue weighted by molar-refractivity contribution is 5.94. The zero-order valence-corrected chi connectivity index (χ0v) is 12.8. The van der Waals surface area contributed by atoms with E-state index in [1.54, 1.807) is 30.1 Å². The molecule has 1 saturated heterocycles. The Hall–Kier alpha value is -2.24. The second-order valence-corrected chi connectivity index (χ2v) is 5.70. The Bertz CT molecular complexity index is 584. The molecule has 2 rings (SSSR count). The lowest BCUT2D eigenvalue weighted by molar-refractivity contribution is -0.136. The average Bonchev–Trinajstić information content (AvgIpc) is 2.45. The highest BCUT2D eigenvalue weighted by Gasteiger charge is 2.41. The number of methoxy groups -OCH3 is 1. The Balaban J connectivity index is 2.38. The van der Waals surface area contributed by atoms with Crippen LogP contribution in [0.15, 0.2) is 18.2 Å². The molecule has 0 bridgehead atoms. The van der Waals surface area contributed by atoms with Gasteiger partial charge in [0.2, 0.25) is 5.91 Å². The summed E-state index contributed by atoms with van der Waals surface area (Å²) < 4.78 is 4.68. The fraction of sp³-hybridized carbons (Fsp3) is 0.467. The minimum absolute atomic E-state index is 0.0465. The highest BCUT2D eigenvalue weighted by Crippen LogP contribution is 2.33. The average molecular weight is 291 g/mol. The van der Waals surface area contributed by atoms with Gasteiger partial charge >= 0.3 is 5.97 Å². The van der Waals surface area contributed by atoms with Crippen molar-refractivity contribution < 1.29 is 14.3 Å². The van der Waals surface area contributed by atoms with Crippen LogP contribution in [0.3, 0.4) is 0 Å². The van der Waals surface area contributed by atoms with Crippen LogP contribution in [-0.2, 0) is 9.53 Å². The molecule has 2 N–H and O–H groups in total. The van der Waals surface area contributed by atoms with Gasteiger partial charge in [0.25, 0.3) is 0 Å². The lowest BCUT2D eigenvalue weighted by atomic mass is 9.96. The Kier molecular flexibility index (Phi) is 3.80. The van der Waals surface area contributed by atoms with Gasteiger partial charge in [0.05, 0.1) is 24.0 Å². The number of benzene rings is 1. The molecule has 6 nitrogen and oxygen atoms in total. The van der Waals surface area contributed by atoms with Gasteiger partial charge in [-0.05, 0) is 32.0 Å². The molecule has 21 heavy (non-hydrogen) atoms. The molecule has 1 aliphatic heterocycles. The summed E-state index contributed by atoms with van der Waals surface area (Å²) in [5, 5.41) is 0. The van der Waals surface area contributed by atoms with E-state index in [4.69, 9.17) is 5.73 Å². The number of hydrogen-bond donors (Lipinski definition) is 1. The smallest absolute Gasteiger partial charge is 0.337 e. The van der Waals surface area contributed by atoms with E-state index in [0.29, 0.717) is 24.3 Å². The number of carbonyl (C=O) groups excluding carboxylic acids is 2. The molecule has 6 heteroatoms. The van der Waals surface area contributed by atoms with Gasteiger partial charge in [0.1, 0.15) is 5.54 Å². The first-order valence-corrected chi connectivity index (χ1v) is 6.80. The number of nitrogens with zero attached hydrogens (tertiary/aromatic N) is 2. The van der Waals surface area contributed by atoms with Crippen LogP contribution in [0.4, 0.5) is 11.4 Å². The number of nitrogen functional groups attached to an aromatic ring is 1. The van der Waals surface area contributed by atoms with Crippen LogP contribution >= 0.6 is 0 Å². The van der Waals surface area contributed by atoms with E-state index < -0.39 is 11.5 Å². The van der Waals surface area contributed by atoms with Gasteiger partial charge in [-0.15, -0.1) is 0 Å². The van der Waals surface area contributed by atoms with Crippen LogP contribution in [0, 0.1) is 0 Å². The van der Waals surface area contributed by atoms with Gasteiger partial charge in [0.15, 0.2) is 0 Å². The molecule has 0 atom stereocenters. The minimum atomic E-state index is -0.673. The molecule has 0 saturated carbocycles. The maximum absolute atomic E-state index is 12.3. The summed E-state index contributed by atoms with van der Waals surface area (Å²) in [4.78, 5) is 27.6. The molecule has 1 aromatic carbocycles. The maximum Gasteiger partial charge on any atom is 0.337 e. The minimum Gasteiger partial charge on any atom is -0.465 e. The molecule has 0 spiro atoms. The lowest BCUT2D eigenvalue weighted by Crippen LogP contribution is -2.62. The first-order chi connectivity index (χ1) is 9.78. The summed E-state index contributed by atoms with van der Waals surface area (Å²) >= 11 is 0. The van der Waals surface area contributed by atoms with Crippen molar-refractivity contribution in [3.63, 3.8) is 0 Å². The molecular formula is C15H21N3O3. The van der Waals surface area contributed by atoms with Crippen molar-refractivity contribution in [2.45, 2.75) is 19.4 Å². The van der Waals surface area contributed by atoms with Crippen molar-refractivity contribution in [1.29, 1.82) is 0 Å². The number of amides is 1. The van der Waals surface area contributed by atoms with Crippen LogP contribution in [0.25, 0.3) is 0 Å². The fourth-order valence-electron chi connectivity index (χ4n) is 2.68. The number of rotatable bonds is 2. The Morgan fingerprint density at radius 3 is 2.57 bits per heavy atom. The summed E-state index contributed by atoms with van der Waals surface area (Å²) in [7, 11) is 3.12. The van der Waals surface area contributed by atoms with Crippen LogP contribution in [0.1, 0.15) is 24.2 Å². The Morgan fingerprint density at radius 1 is 1.33 bits per heavy atom. The second-order valence-electron chi connectivity index (χ2n) is 5.70. The molecule has 1 fully saturated rings. The summed E-state index contributed by atoms with van der Waals surface area (Å²) in [6.07, 6.45) is 0. The van der Waals surface area contributed by atoms with E-state index in [1.165, 1.54) is 7.11 Å². The second kappa shape index (κ2) is 5.27. The quantitative estimate of drug-likeness (QED) is 0.652. The highest BCUT2D eigenvalue weighted by atomic mass is 16.5. The maximum atomic E-state index is 12.3. The van der Waals surface area contributed by atoms with E-state index in [9.17, 15) is 9.59 Å². The predicted octanol–water partition coefficient (Wildman–Crippen LogP) is 1.11. The molecule has 114 valence electrons. The number of nitrogens with two attached hydrogens (primary N) is 1. The molecule has 0 unspecified atom stereocenters. The molecule has 0 aromatic heterocycles. The van der Waals surface area contributed by atoms with Gasteiger partial charge in [-0.3, -0.25) is 4.79 Å². The fourth-order valence-corrected chi connectivity index (χ4v) is 2.68. The third kappa shape index (κ3) is 2.53. The third-order valence-electron chi connectivity index (χ3n) is 3.94. The van der Waals surface area contributed by atoms with Crippen molar-refractivity contribution >= 4 is 23.3 Å². The molecule has 1 amide bonds. The molecular weight excluding hydrogens is 270 g/mol. The summed E-state index contributed by atoms with van der Waals surface area (Å²) in [5.41, 5.74) is 7.02. The first-order valence-electron chi connectivity index (χ1n) is 6.80. The van der Waals surface area contributed by atoms with Crippen LogP contribution in [-0.4, -0.2) is 49.6 Å². The van der Waals surface area contributed by atoms with Gasteiger partial charge in [0, 0.05) is 20.1 Å².